The van der Waals surface area contributed by atoms with Crippen LogP contribution in [-0.4, -0.2) is 18.1 Å². The van der Waals surface area contributed by atoms with E-state index in [2.05, 4.69) is 38.1 Å². The van der Waals surface area contributed by atoms with Crippen LogP contribution in [-0.2, 0) is 4.84 Å². The van der Waals surface area contributed by atoms with Crippen LogP contribution in [0.4, 0.5) is 0 Å². The third-order valence-electron chi connectivity index (χ3n) is 4.04. The van der Waals surface area contributed by atoms with Crippen LogP contribution in [0.3, 0.4) is 0 Å². The first kappa shape index (κ1) is 14.5. The number of hydrogen-bond acceptors (Lipinski definition) is 3. The van der Waals surface area contributed by atoms with Gasteiger partial charge in [0.05, 0.1) is 0 Å². The molecule has 1 atom stereocenters. The van der Waals surface area contributed by atoms with Crippen molar-refractivity contribution in [3.05, 3.63) is 70.3 Å². The average molecular weight is 293 g/mol. The van der Waals surface area contributed by atoms with E-state index >= 15 is 0 Å². The number of oxime groups is 1. The molecule has 0 saturated carbocycles. The highest BCUT2D eigenvalue weighted by Crippen LogP contribution is 2.26. The summed E-state index contributed by atoms with van der Waals surface area (Å²) in [6, 6.07) is 13.6. The molecule has 0 saturated heterocycles. The van der Waals surface area contributed by atoms with Gasteiger partial charge >= 0.3 is 0 Å². The molecule has 0 radical (unpaired) electrons. The Bertz CT molecular complexity index is 724. The topological polar surface area (TPSA) is 38.7 Å². The molecule has 0 spiro atoms. The van der Waals surface area contributed by atoms with Gasteiger partial charge in [-0.3, -0.25) is 4.79 Å². The second kappa shape index (κ2) is 5.76. The predicted molar refractivity (Wildman–Crippen MR) is 87.4 cm³/mol. The number of benzene rings is 2. The number of nitrogens with zero attached hydrogens (tertiary/aromatic N) is 1. The van der Waals surface area contributed by atoms with E-state index in [1.54, 1.807) is 0 Å². The van der Waals surface area contributed by atoms with Gasteiger partial charge in [0.15, 0.2) is 5.78 Å². The minimum absolute atomic E-state index is 0.0659. The van der Waals surface area contributed by atoms with Gasteiger partial charge in [-0.05, 0) is 31.9 Å². The second-order valence-electron chi connectivity index (χ2n) is 5.83. The van der Waals surface area contributed by atoms with Crippen molar-refractivity contribution in [3.63, 3.8) is 0 Å². The maximum Gasteiger partial charge on any atom is 0.175 e. The number of carbonyl (C=O) groups is 1. The van der Waals surface area contributed by atoms with Gasteiger partial charge in [0.25, 0.3) is 0 Å². The molecule has 3 nitrogen and oxygen atoms in total. The van der Waals surface area contributed by atoms with Crippen molar-refractivity contribution < 1.29 is 9.63 Å². The maximum atomic E-state index is 12.8. The SMILES string of the molecule is Cc1cc(C)c(C2=NOC[C@@H]2C(=O)c2ccccc2)c(C)c1. The van der Waals surface area contributed by atoms with E-state index in [1.807, 2.05) is 30.3 Å². The summed E-state index contributed by atoms with van der Waals surface area (Å²) < 4.78 is 0. The van der Waals surface area contributed by atoms with Gasteiger partial charge < -0.3 is 4.84 Å². The Kier molecular flexibility index (Phi) is 3.80. The predicted octanol–water partition coefficient (Wildman–Crippen LogP) is 3.85. The molecule has 0 aromatic heterocycles. The normalized spacial score (nSPS) is 17.0. The number of aryl methyl sites for hydroxylation is 3. The fourth-order valence-corrected chi connectivity index (χ4v) is 3.13. The van der Waals surface area contributed by atoms with Crippen molar-refractivity contribution in [1.82, 2.24) is 0 Å². The Morgan fingerprint density at radius 1 is 1.09 bits per heavy atom. The van der Waals surface area contributed by atoms with E-state index in [4.69, 9.17) is 4.84 Å². The molecule has 2 aromatic rings. The molecular weight excluding hydrogens is 274 g/mol. The van der Waals surface area contributed by atoms with Crippen LogP contribution in [0.2, 0.25) is 0 Å². The Labute approximate surface area is 130 Å². The van der Waals surface area contributed by atoms with Crippen molar-refractivity contribution in [3.8, 4) is 0 Å². The Hall–Kier alpha value is -2.42. The molecule has 1 heterocycles. The average Bonchev–Trinajstić information content (AvgIpc) is 2.95. The van der Waals surface area contributed by atoms with Crippen molar-refractivity contribution >= 4 is 11.5 Å². The van der Waals surface area contributed by atoms with E-state index in [-0.39, 0.29) is 11.7 Å². The molecule has 3 rings (SSSR count). The number of Topliss-reactive ketones (excluding diaryl/α,β-unsaturated/α-hetero) is 1. The summed E-state index contributed by atoms with van der Waals surface area (Å²) in [7, 11) is 0. The zero-order valence-electron chi connectivity index (χ0n) is 13.1. The van der Waals surface area contributed by atoms with Gasteiger partial charge in [-0.2, -0.15) is 0 Å². The van der Waals surface area contributed by atoms with E-state index < -0.39 is 0 Å². The molecule has 1 aliphatic heterocycles. The fraction of sp³-hybridized carbons (Fsp3) is 0.263. The maximum absolute atomic E-state index is 12.8. The Balaban J connectivity index is 2.00. The van der Waals surface area contributed by atoms with Crippen molar-refractivity contribution in [2.24, 2.45) is 11.1 Å². The molecule has 0 bridgehead atoms. The smallest absolute Gasteiger partial charge is 0.175 e. The lowest BCUT2D eigenvalue weighted by atomic mass is 9.86. The van der Waals surface area contributed by atoms with Gasteiger partial charge in [0, 0.05) is 11.1 Å². The largest absolute Gasteiger partial charge is 0.394 e. The number of ketones is 1. The van der Waals surface area contributed by atoms with Gasteiger partial charge in [-0.1, -0.05) is 53.2 Å². The molecule has 0 fully saturated rings. The Morgan fingerprint density at radius 3 is 2.36 bits per heavy atom. The van der Waals surface area contributed by atoms with Crippen LogP contribution < -0.4 is 0 Å². The zero-order chi connectivity index (χ0) is 15.7. The van der Waals surface area contributed by atoms with Crippen molar-refractivity contribution in [2.75, 3.05) is 6.61 Å². The summed E-state index contributed by atoms with van der Waals surface area (Å²) in [5.41, 5.74) is 5.97. The van der Waals surface area contributed by atoms with E-state index in [1.165, 1.54) is 5.56 Å². The first-order valence-electron chi connectivity index (χ1n) is 7.45. The lowest BCUT2D eigenvalue weighted by molar-refractivity contribution is 0.0886. The highest BCUT2D eigenvalue weighted by Gasteiger charge is 2.33. The van der Waals surface area contributed by atoms with Crippen LogP contribution in [0.1, 0.15) is 32.6 Å². The standard InChI is InChI=1S/C19H19NO2/c1-12-9-13(2)17(14(3)10-12)18-16(11-22-20-18)19(21)15-7-5-4-6-8-15/h4-10,16H,11H2,1-3H3/t16-/m0/s1. The molecular formula is C19H19NO2. The molecule has 1 aliphatic rings. The van der Waals surface area contributed by atoms with Gasteiger partial charge in [-0.15, -0.1) is 0 Å². The quantitative estimate of drug-likeness (QED) is 0.806. The van der Waals surface area contributed by atoms with Crippen molar-refractivity contribution in [2.45, 2.75) is 20.8 Å². The van der Waals surface area contributed by atoms with E-state index in [0.29, 0.717) is 12.2 Å². The minimum atomic E-state index is -0.331. The molecule has 3 heteroatoms. The summed E-state index contributed by atoms with van der Waals surface area (Å²) >= 11 is 0. The molecule has 22 heavy (non-hydrogen) atoms. The number of rotatable bonds is 3. The summed E-state index contributed by atoms with van der Waals surface area (Å²) in [5.74, 6) is -0.265. The van der Waals surface area contributed by atoms with Gasteiger partial charge in [-0.25, -0.2) is 0 Å². The lowest BCUT2D eigenvalue weighted by Crippen LogP contribution is -2.25. The monoisotopic (exact) mass is 293 g/mol. The minimum Gasteiger partial charge on any atom is -0.394 e. The fourth-order valence-electron chi connectivity index (χ4n) is 3.13. The Morgan fingerprint density at radius 2 is 1.73 bits per heavy atom. The van der Waals surface area contributed by atoms with Crippen LogP contribution in [0, 0.1) is 26.7 Å². The molecule has 0 aliphatic carbocycles. The van der Waals surface area contributed by atoms with Gasteiger partial charge in [0.1, 0.15) is 18.2 Å². The zero-order valence-corrected chi connectivity index (χ0v) is 13.1. The summed E-state index contributed by atoms with van der Waals surface area (Å²) in [5, 5.41) is 4.18. The second-order valence-corrected chi connectivity index (χ2v) is 5.83. The van der Waals surface area contributed by atoms with Crippen LogP contribution >= 0.6 is 0 Å². The first-order chi connectivity index (χ1) is 10.6. The number of carbonyl (C=O) groups excluding carboxylic acids is 1. The highest BCUT2D eigenvalue weighted by molar-refractivity contribution is 6.19. The van der Waals surface area contributed by atoms with Crippen molar-refractivity contribution in [1.29, 1.82) is 0 Å². The third-order valence-corrected chi connectivity index (χ3v) is 4.04. The highest BCUT2D eigenvalue weighted by atomic mass is 16.6. The molecule has 0 N–H and O–H groups in total. The molecule has 2 aromatic carbocycles. The third kappa shape index (κ3) is 2.54. The summed E-state index contributed by atoms with van der Waals surface area (Å²) in [4.78, 5) is 18.0. The molecule has 0 unspecified atom stereocenters. The van der Waals surface area contributed by atoms with Crippen LogP contribution in [0.15, 0.2) is 47.6 Å². The molecule has 0 amide bonds. The van der Waals surface area contributed by atoms with Gasteiger partial charge in [0.2, 0.25) is 0 Å². The summed E-state index contributed by atoms with van der Waals surface area (Å²) in [6.45, 7) is 6.50. The first-order valence-corrected chi connectivity index (χ1v) is 7.45. The van der Waals surface area contributed by atoms with Crippen LogP contribution in [0.25, 0.3) is 0 Å². The van der Waals surface area contributed by atoms with E-state index in [9.17, 15) is 4.79 Å². The summed E-state index contributed by atoms with van der Waals surface area (Å²) in [6.07, 6.45) is 0. The lowest BCUT2D eigenvalue weighted by Gasteiger charge is -2.15. The number of hydrogen-bond donors (Lipinski definition) is 0. The van der Waals surface area contributed by atoms with Crippen LogP contribution in [0.5, 0.6) is 0 Å². The van der Waals surface area contributed by atoms with E-state index in [0.717, 1.165) is 22.4 Å². The molecule has 112 valence electrons.